The molecule has 2 N–H and O–H groups in total. The second-order valence-corrected chi connectivity index (χ2v) is 7.13. The van der Waals surface area contributed by atoms with Crippen LogP contribution in [-0.2, 0) is 4.74 Å². The Balaban J connectivity index is 1.66. The summed E-state index contributed by atoms with van der Waals surface area (Å²) in [6, 6.07) is 1.24. The van der Waals surface area contributed by atoms with Crippen LogP contribution in [0.3, 0.4) is 0 Å². The number of nitrogens with zero attached hydrogens (tertiary/aromatic N) is 2. The van der Waals surface area contributed by atoms with Crippen LogP contribution >= 0.6 is 0 Å². The number of likely N-dealkylation sites (N-methyl/N-ethyl adjacent to an activating group) is 1. The Labute approximate surface area is 123 Å². The first-order chi connectivity index (χ1) is 9.72. The summed E-state index contributed by atoms with van der Waals surface area (Å²) in [5.41, 5.74) is 6.24. The molecule has 1 aliphatic carbocycles. The summed E-state index contributed by atoms with van der Waals surface area (Å²) in [7, 11) is 2.21. The molecule has 0 amide bonds. The average Bonchev–Trinajstić information content (AvgIpc) is 2.48. The third kappa shape index (κ3) is 3.03. The molecular weight excluding hydrogens is 250 g/mol. The second-order valence-electron chi connectivity index (χ2n) is 7.13. The number of rotatable bonds is 2. The summed E-state index contributed by atoms with van der Waals surface area (Å²) in [5.74, 6) is 0. The standard InChI is InChI=1S/C16H31N3O/c1-18-8-9-19(15(12-17)13-18)14-5-10-20-16(11-14)6-3-2-4-7-16/h14-15H,2-13,17H2,1H3. The van der Waals surface area contributed by atoms with Gasteiger partial charge in [-0.05, 0) is 32.7 Å². The van der Waals surface area contributed by atoms with E-state index in [4.69, 9.17) is 10.5 Å². The summed E-state index contributed by atoms with van der Waals surface area (Å²) in [6.07, 6.45) is 9.12. The van der Waals surface area contributed by atoms with E-state index in [1.807, 2.05) is 0 Å². The van der Waals surface area contributed by atoms with Crippen molar-refractivity contribution in [3.63, 3.8) is 0 Å². The molecule has 4 heteroatoms. The van der Waals surface area contributed by atoms with Gasteiger partial charge in [0.2, 0.25) is 0 Å². The van der Waals surface area contributed by atoms with Crippen LogP contribution in [0, 0.1) is 0 Å². The Hall–Kier alpha value is -0.160. The van der Waals surface area contributed by atoms with Crippen LogP contribution in [-0.4, -0.2) is 67.3 Å². The van der Waals surface area contributed by atoms with Gasteiger partial charge in [-0.2, -0.15) is 0 Å². The lowest BCUT2D eigenvalue weighted by atomic mass is 9.77. The minimum absolute atomic E-state index is 0.212. The lowest BCUT2D eigenvalue weighted by Crippen LogP contribution is -2.60. The van der Waals surface area contributed by atoms with Gasteiger partial charge in [-0.15, -0.1) is 0 Å². The fraction of sp³-hybridized carbons (Fsp3) is 1.00. The molecule has 2 atom stereocenters. The number of hydrogen-bond donors (Lipinski definition) is 1. The predicted molar refractivity (Wildman–Crippen MR) is 81.8 cm³/mol. The zero-order valence-corrected chi connectivity index (χ0v) is 13.0. The Morgan fingerprint density at radius 1 is 1.20 bits per heavy atom. The lowest BCUT2D eigenvalue weighted by Gasteiger charge is -2.50. The van der Waals surface area contributed by atoms with Crippen molar-refractivity contribution in [2.45, 2.75) is 62.6 Å². The maximum absolute atomic E-state index is 6.25. The van der Waals surface area contributed by atoms with E-state index in [1.54, 1.807) is 0 Å². The highest BCUT2D eigenvalue weighted by molar-refractivity contribution is 4.96. The monoisotopic (exact) mass is 281 g/mol. The molecule has 1 saturated carbocycles. The first-order valence-electron chi connectivity index (χ1n) is 8.51. The summed E-state index contributed by atoms with van der Waals surface area (Å²) >= 11 is 0. The number of hydrogen-bond acceptors (Lipinski definition) is 4. The van der Waals surface area contributed by atoms with Crippen LogP contribution in [0.1, 0.15) is 44.9 Å². The van der Waals surface area contributed by atoms with Crippen LogP contribution in [0.2, 0.25) is 0 Å². The van der Waals surface area contributed by atoms with Crippen molar-refractivity contribution in [1.82, 2.24) is 9.80 Å². The van der Waals surface area contributed by atoms with E-state index in [-0.39, 0.29) is 5.60 Å². The number of nitrogens with two attached hydrogens (primary N) is 1. The van der Waals surface area contributed by atoms with Crippen molar-refractivity contribution in [2.75, 3.05) is 39.8 Å². The molecule has 20 heavy (non-hydrogen) atoms. The molecule has 2 heterocycles. The fourth-order valence-electron chi connectivity index (χ4n) is 4.54. The van der Waals surface area contributed by atoms with Crippen LogP contribution in [0.25, 0.3) is 0 Å². The third-order valence-electron chi connectivity index (χ3n) is 5.70. The molecule has 2 aliphatic heterocycles. The van der Waals surface area contributed by atoms with Gasteiger partial charge in [0.1, 0.15) is 0 Å². The predicted octanol–water partition coefficient (Wildman–Crippen LogP) is 1.44. The molecule has 3 aliphatic rings. The molecular formula is C16H31N3O. The Morgan fingerprint density at radius 2 is 2.00 bits per heavy atom. The molecule has 2 unspecified atom stereocenters. The summed E-state index contributed by atoms with van der Waals surface area (Å²) in [5, 5.41) is 0. The third-order valence-corrected chi connectivity index (χ3v) is 5.70. The van der Waals surface area contributed by atoms with Gasteiger partial charge >= 0.3 is 0 Å². The summed E-state index contributed by atoms with van der Waals surface area (Å²) < 4.78 is 6.25. The molecule has 3 fully saturated rings. The highest BCUT2D eigenvalue weighted by Crippen LogP contribution is 2.40. The quantitative estimate of drug-likeness (QED) is 0.832. The van der Waals surface area contributed by atoms with E-state index < -0.39 is 0 Å². The van der Waals surface area contributed by atoms with Crippen LogP contribution in [0.5, 0.6) is 0 Å². The second kappa shape index (κ2) is 6.30. The fourth-order valence-corrected chi connectivity index (χ4v) is 4.54. The summed E-state index contributed by atoms with van der Waals surface area (Å²) in [4.78, 5) is 5.13. The number of ether oxygens (including phenoxy) is 1. The summed E-state index contributed by atoms with van der Waals surface area (Å²) in [6.45, 7) is 5.23. The molecule has 0 aromatic heterocycles. The Bertz CT molecular complexity index is 311. The van der Waals surface area contributed by atoms with Crippen molar-refractivity contribution < 1.29 is 4.74 Å². The van der Waals surface area contributed by atoms with Gasteiger partial charge in [0.15, 0.2) is 0 Å². The minimum atomic E-state index is 0.212. The van der Waals surface area contributed by atoms with E-state index in [2.05, 4.69) is 16.8 Å². The smallest absolute Gasteiger partial charge is 0.0697 e. The SMILES string of the molecule is CN1CCN(C2CCOC3(CCCCC3)C2)C(CN)C1. The zero-order valence-electron chi connectivity index (χ0n) is 13.0. The van der Waals surface area contributed by atoms with Crippen LogP contribution < -0.4 is 5.73 Å². The van der Waals surface area contributed by atoms with Crippen LogP contribution in [0.15, 0.2) is 0 Å². The van der Waals surface area contributed by atoms with Gasteiger partial charge in [0.25, 0.3) is 0 Å². The van der Waals surface area contributed by atoms with Gasteiger partial charge in [0.05, 0.1) is 5.60 Å². The molecule has 0 aromatic carbocycles. The van der Waals surface area contributed by atoms with Crippen molar-refractivity contribution in [1.29, 1.82) is 0 Å². The minimum Gasteiger partial charge on any atom is -0.375 e. The van der Waals surface area contributed by atoms with Gasteiger partial charge in [0, 0.05) is 44.9 Å². The lowest BCUT2D eigenvalue weighted by molar-refractivity contribution is -0.132. The molecule has 116 valence electrons. The molecule has 0 radical (unpaired) electrons. The van der Waals surface area contributed by atoms with Gasteiger partial charge in [-0.25, -0.2) is 0 Å². The van der Waals surface area contributed by atoms with Crippen LogP contribution in [0.4, 0.5) is 0 Å². The molecule has 4 nitrogen and oxygen atoms in total. The molecule has 3 rings (SSSR count). The van der Waals surface area contributed by atoms with Gasteiger partial charge < -0.3 is 15.4 Å². The molecule has 0 aromatic rings. The van der Waals surface area contributed by atoms with E-state index in [9.17, 15) is 0 Å². The maximum atomic E-state index is 6.25. The van der Waals surface area contributed by atoms with E-state index in [1.165, 1.54) is 58.0 Å². The highest BCUT2D eigenvalue weighted by atomic mass is 16.5. The van der Waals surface area contributed by atoms with E-state index in [0.717, 1.165) is 19.7 Å². The number of piperazine rings is 1. The van der Waals surface area contributed by atoms with Gasteiger partial charge in [-0.1, -0.05) is 19.3 Å². The van der Waals surface area contributed by atoms with Crippen molar-refractivity contribution in [2.24, 2.45) is 5.73 Å². The largest absolute Gasteiger partial charge is 0.375 e. The van der Waals surface area contributed by atoms with Crippen molar-refractivity contribution in [3.05, 3.63) is 0 Å². The van der Waals surface area contributed by atoms with Gasteiger partial charge in [-0.3, -0.25) is 4.90 Å². The molecule has 1 spiro atoms. The molecule has 2 saturated heterocycles. The Morgan fingerprint density at radius 3 is 2.75 bits per heavy atom. The first kappa shape index (κ1) is 14.8. The van der Waals surface area contributed by atoms with Crippen molar-refractivity contribution >= 4 is 0 Å². The normalized spacial score (nSPS) is 36.3. The zero-order chi connectivity index (χ0) is 14.0. The highest BCUT2D eigenvalue weighted by Gasteiger charge is 2.42. The topological polar surface area (TPSA) is 41.7 Å². The van der Waals surface area contributed by atoms with E-state index >= 15 is 0 Å². The average molecular weight is 281 g/mol. The molecule has 0 bridgehead atoms. The first-order valence-corrected chi connectivity index (χ1v) is 8.51. The maximum Gasteiger partial charge on any atom is 0.0697 e. The van der Waals surface area contributed by atoms with Crippen molar-refractivity contribution in [3.8, 4) is 0 Å². The van der Waals surface area contributed by atoms with E-state index in [0.29, 0.717) is 12.1 Å². The Kier molecular flexibility index (Phi) is 4.65.